The molecular formula is C11H20N4S. The van der Waals surface area contributed by atoms with Gasteiger partial charge >= 0.3 is 0 Å². The molecule has 0 saturated carbocycles. The Morgan fingerprint density at radius 1 is 1.62 bits per heavy atom. The maximum absolute atomic E-state index is 4.21. The zero-order chi connectivity index (χ0) is 11.4. The molecule has 4 nitrogen and oxygen atoms in total. The number of likely N-dealkylation sites (N-methyl/N-ethyl adjacent to an activating group) is 1. The highest BCUT2D eigenvalue weighted by Gasteiger charge is 2.35. The molecule has 2 rings (SSSR count). The van der Waals surface area contributed by atoms with Gasteiger partial charge < -0.3 is 15.2 Å². The predicted octanol–water partition coefficient (Wildman–Crippen LogP) is 0.937. The Morgan fingerprint density at radius 3 is 3.06 bits per heavy atom. The van der Waals surface area contributed by atoms with Gasteiger partial charge in [-0.05, 0) is 26.3 Å². The smallest absolute Gasteiger partial charge is 0.120 e. The fourth-order valence-corrected chi connectivity index (χ4v) is 3.61. The highest BCUT2D eigenvalue weighted by molar-refractivity contribution is 7.99. The monoisotopic (exact) mass is 240 g/mol. The molecule has 5 heteroatoms. The van der Waals surface area contributed by atoms with E-state index >= 15 is 0 Å². The number of aromatic nitrogens is 2. The van der Waals surface area contributed by atoms with Crippen molar-refractivity contribution in [2.75, 3.05) is 32.1 Å². The average Bonchev–Trinajstić information content (AvgIpc) is 2.88. The molecule has 90 valence electrons. The lowest BCUT2D eigenvalue weighted by Gasteiger charge is -2.35. The third-order valence-electron chi connectivity index (χ3n) is 3.33. The SMILES string of the molecule is CN(C)C1(CNCc2ncc[nH]2)CCSC1. The standard InChI is InChI=1S/C11H20N4S/c1-15(2)11(3-6-16-9-11)8-12-7-10-13-4-5-14-10/h4-5,12H,3,6-9H2,1-2H3,(H,13,14). The van der Waals surface area contributed by atoms with E-state index in [-0.39, 0.29) is 0 Å². The zero-order valence-electron chi connectivity index (χ0n) is 9.99. The molecule has 0 aliphatic carbocycles. The van der Waals surface area contributed by atoms with Crippen molar-refractivity contribution in [3.8, 4) is 0 Å². The highest BCUT2D eigenvalue weighted by atomic mass is 32.2. The predicted molar refractivity (Wildman–Crippen MR) is 68.7 cm³/mol. The van der Waals surface area contributed by atoms with Crippen LogP contribution in [-0.4, -0.2) is 52.6 Å². The van der Waals surface area contributed by atoms with Crippen LogP contribution in [0.2, 0.25) is 0 Å². The van der Waals surface area contributed by atoms with Crippen molar-refractivity contribution in [3.63, 3.8) is 0 Å². The second kappa shape index (κ2) is 5.21. The summed E-state index contributed by atoms with van der Waals surface area (Å²) in [5.41, 5.74) is 0.331. The Bertz CT molecular complexity index is 304. The Kier molecular flexibility index (Phi) is 3.89. The number of hydrogen-bond acceptors (Lipinski definition) is 4. The second-order valence-corrected chi connectivity index (χ2v) is 5.67. The number of hydrogen-bond donors (Lipinski definition) is 2. The first-order valence-corrected chi connectivity index (χ1v) is 6.83. The van der Waals surface area contributed by atoms with Gasteiger partial charge in [-0.25, -0.2) is 4.98 Å². The van der Waals surface area contributed by atoms with Crippen molar-refractivity contribution >= 4 is 11.8 Å². The molecule has 1 saturated heterocycles. The summed E-state index contributed by atoms with van der Waals surface area (Å²) in [6.07, 6.45) is 4.93. The molecule has 1 unspecified atom stereocenters. The molecule has 0 aromatic carbocycles. The van der Waals surface area contributed by atoms with Crippen LogP contribution in [0.3, 0.4) is 0 Å². The van der Waals surface area contributed by atoms with Gasteiger partial charge in [0.15, 0.2) is 0 Å². The van der Waals surface area contributed by atoms with Crippen LogP contribution in [0.5, 0.6) is 0 Å². The van der Waals surface area contributed by atoms with Crippen LogP contribution >= 0.6 is 11.8 Å². The Labute approximate surface area is 101 Å². The lowest BCUT2D eigenvalue weighted by molar-refractivity contribution is 0.175. The molecule has 1 fully saturated rings. The molecule has 0 spiro atoms. The summed E-state index contributed by atoms with van der Waals surface area (Å²) in [6, 6.07) is 0. The van der Waals surface area contributed by atoms with Crippen molar-refractivity contribution in [2.45, 2.75) is 18.5 Å². The minimum absolute atomic E-state index is 0.331. The van der Waals surface area contributed by atoms with Gasteiger partial charge in [0.1, 0.15) is 5.82 Å². The largest absolute Gasteiger partial charge is 0.348 e. The number of imidazole rings is 1. The molecule has 0 bridgehead atoms. The number of aromatic amines is 1. The first-order chi connectivity index (χ1) is 7.73. The molecule has 1 aromatic rings. The molecule has 1 atom stereocenters. The first kappa shape index (κ1) is 12.0. The topological polar surface area (TPSA) is 44.0 Å². The molecule has 2 heterocycles. The van der Waals surface area contributed by atoms with E-state index in [1.165, 1.54) is 17.9 Å². The van der Waals surface area contributed by atoms with Crippen LogP contribution in [0.15, 0.2) is 12.4 Å². The Balaban J connectivity index is 1.83. The molecule has 1 aliphatic heterocycles. The summed E-state index contributed by atoms with van der Waals surface area (Å²) in [5.74, 6) is 3.52. The first-order valence-electron chi connectivity index (χ1n) is 5.67. The summed E-state index contributed by atoms with van der Waals surface area (Å²) < 4.78 is 0. The van der Waals surface area contributed by atoms with E-state index in [9.17, 15) is 0 Å². The molecular weight excluding hydrogens is 220 g/mol. The summed E-state index contributed by atoms with van der Waals surface area (Å²) in [5, 5.41) is 3.50. The van der Waals surface area contributed by atoms with E-state index in [1.807, 2.05) is 6.20 Å². The maximum Gasteiger partial charge on any atom is 0.120 e. The van der Waals surface area contributed by atoms with E-state index in [0.717, 1.165) is 18.9 Å². The van der Waals surface area contributed by atoms with E-state index in [1.54, 1.807) is 6.20 Å². The molecule has 16 heavy (non-hydrogen) atoms. The van der Waals surface area contributed by atoms with Gasteiger partial charge in [0, 0.05) is 30.2 Å². The van der Waals surface area contributed by atoms with Crippen molar-refractivity contribution in [3.05, 3.63) is 18.2 Å². The minimum Gasteiger partial charge on any atom is -0.348 e. The second-order valence-electron chi connectivity index (χ2n) is 4.56. The van der Waals surface area contributed by atoms with Crippen LogP contribution in [0.4, 0.5) is 0 Å². The van der Waals surface area contributed by atoms with Crippen LogP contribution in [-0.2, 0) is 6.54 Å². The summed E-state index contributed by atoms with van der Waals surface area (Å²) >= 11 is 2.05. The van der Waals surface area contributed by atoms with Gasteiger partial charge in [-0.1, -0.05) is 0 Å². The minimum atomic E-state index is 0.331. The van der Waals surface area contributed by atoms with Gasteiger partial charge in [0.2, 0.25) is 0 Å². The van der Waals surface area contributed by atoms with Gasteiger partial charge in [-0.2, -0.15) is 11.8 Å². The molecule has 0 amide bonds. The van der Waals surface area contributed by atoms with Crippen molar-refractivity contribution < 1.29 is 0 Å². The average molecular weight is 240 g/mol. The van der Waals surface area contributed by atoms with Crippen molar-refractivity contribution in [2.24, 2.45) is 0 Å². The summed E-state index contributed by atoms with van der Waals surface area (Å²) in [6.45, 7) is 1.86. The Morgan fingerprint density at radius 2 is 2.50 bits per heavy atom. The third-order valence-corrected chi connectivity index (χ3v) is 4.57. The van der Waals surface area contributed by atoms with Crippen molar-refractivity contribution in [1.82, 2.24) is 20.2 Å². The fourth-order valence-electron chi connectivity index (χ4n) is 2.05. The van der Waals surface area contributed by atoms with E-state index in [2.05, 4.69) is 46.0 Å². The zero-order valence-corrected chi connectivity index (χ0v) is 10.8. The number of rotatable bonds is 5. The highest BCUT2D eigenvalue weighted by Crippen LogP contribution is 2.31. The van der Waals surface area contributed by atoms with Crippen LogP contribution < -0.4 is 5.32 Å². The Hall–Kier alpha value is -0.520. The van der Waals surface area contributed by atoms with E-state index in [0.29, 0.717) is 5.54 Å². The maximum atomic E-state index is 4.21. The van der Waals surface area contributed by atoms with Crippen LogP contribution in [0.1, 0.15) is 12.2 Å². The summed E-state index contributed by atoms with van der Waals surface area (Å²) in [7, 11) is 4.36. The van der Waals surface area contributed by atoms with Gasteiger partial charge in [0.25, 0.3) is 0 Å². The molecule has 2 N–H and O–H groups in total. The van der Waals surface area contributed by atoms with Crippen LogP contribution in [0.25, 0.3) is 0 Å². The van der Waals surface area contributed by atoms with Gasteiger partial charge in [-0.3, -0.25) is 0 Å². The van der Waals surface area contributed by atoms with E-state index < -0.39 is 0 Å². The lowest BCUT2D eigenvalue weighted by Crippen LogP contribution is -2.51. The number of nitrogens with zero attached hydrogens (tertiary/aromatic N) is 2. The van der Waals surface area contributed by atoms with Gasteiger partial charge in [-0.15, -0.1) is 0 Å². The van der Waals surface area contributed by atoms with Crippen molar-refractivity contribution in [1.29, 1.82) is 0 Å². The molecule has 1 aliphatic rings. The number of nitrogens with one attached hydrogen (secondary N) is 2. The quantitative estimate of drug-likeness (QED) is 0.804. The van der Waals surface area contributed by atoms with Gasteiger partial charge in [0.05, 0.1) is 6.54 Å². The van der Waals surface area contributed by atoms with Crippen LogP contribution in [0, 0.1) is 0 Å². The molecule has 0 radical (unpaired) electrons. The summed E-state index contributed by atoms with van der Waals surface area (Å²) in [4.78, 5) is 9.69. The third kappa shape index (κ3) is 2.59. The normalized spacial score (nSPS) is 25.4. The molecule has 1 aromatic heterocycles. The number of thioether (sulfide) groups is 1. The lowest BCUT2D eigenvalue weighted by atomic mass is 9.97. The van der Waals surface area contributed by atoms with E-state index in [4.69, 9.17) is 0 Å². The fraction of sp³-hybridized carbons (Fsp3) is 0.727. The number of H-pyrrole nitrogens is 1.